The molecule has 114 valence electrons. The molecule has 0 aromatic heterocycles. The van der Waals surface area contributed by atoms with Crippen LogP contribution in [0, 0.1) is 6.92 Å². The van der Waals surface area contributed by atoms with Crippen molar-refractivity contribution in [2.75, 3.05) is 26.8 Å². The van der Waals surface area contributed by atoms with Crippen molar-refractivity contribution in [2.24, 2.45) is 10.7 Å². The van der Waals surface area contributed by atoms with E-state index in [1.54, 1.807) is 7.11 Å². The number of methoxy groups -OCH3 is 1. The first kappa shape index (κ1) is 19.0. The zero-order valence-electron chi connectivity index (χ0n) is 12.3. The van der Waals surface area contributed by atoms with Crippen molar-refractivity contribution in [1.82, 2.24) is 5.32 Å². The lowest BCUT2D eigenvalue weighted by Gasteiger charge is -2.13. The van der Waals surface area contributed by atoms with Crippen LogP contribution in [0.15, 0.2) is 29.3 Å². The molecule has 0 saturated carbocycles. The Balaban J connectivity index is 0.00000361. The topological polar surface area (TPSA) is 68.9 Å². The average Bonchev–Trinajstić information content (AvgIpc) is 2.39. The Kier molecular flexibility index (Phi) is 10.2. The number of aliphatic imine (C=N–C) groups is 1. The maximum absolute atomic E-state index is 5.73. The molecule has 5 nitrogen and oxygen atoms in total. The Labute approximate surface area is 138 Å². The molecule has 1 rings (SSSR count). The molecule has 0 bridgehead atoms. The van der Waals surface area contributed by atoms with Gasteiger partial charge in [0.25, 0.3) is 0 Å². The number of nitrogens with zero attached hydrogens (tertiary/aromatic N) is 1. The van der Waals surface area contributed by atoms with E-state index in [1.807, 2.05) is 38.1 Å². The minimum absolute atomic E-state index is 0. The van der Waals surface area contributed by atoms with E-state index in [4.69, 9.17) is 15.2 Å². The third-order valence-corrected chi connectivity index (χ3v) is 2.49. The molecule has 1 aromatic rings. The van der Waals surface area contributed by atoms with E-state index in [0.29, 0.717) is 25.7 Å². The van der Waals surface area contributed by atoms with Gasteiger partial charge in [-0.2, -0.15) is 0 Å². The molecule has 0 saturated heterocycles. The van der Waals surface area contributed by atoms with Gasteiger partial charge in [0.05, 0.1) is 13.2 Å². The monoisotopic (exact) mass is 393 g/mol. The third kappa shape index (κ3) is 8.21. The highest BCUT2D eigenvalue weighted by atomic mass is 127. The SMILES string of the molecule is COCCNC(N)=NCC(C)Oc1ccc(C)cc1.I. The highest BCUT2D eigenvalue weighted by Gasteiger charge is 2.03. The lowest BCUT2D eigenvalue weighted by molar-refractivity contribution is 0.203. The van der Waals surface area contributed by atoms with Gasteiger partial charge in [-0.05, 0) is 26.0 Å². The number of hydrogen-bond acceptors (Lipinski definition) is 3. The van der Waals surface area contributed by atoms with Gasteiger partial charge >= 0.3 is 0 Å². The highest BCUT2D eigenvalue weighted by Crippen LogP contribution is 2.13. The van der Waals surface area contributed by atoms with Crippen LogP contribution in [-0.2, 0) is 4.74 Å². The summed E-state index contributed by atoms with van der Waals surface area (Å²) in [6, 6.07) is 7.95. The van der Waals surface area contributed by atoms with Gasteiger partial charge in [-0.25, -0.2) is 4.99 Å². The minimum Gasteiger partial charge on any atom is -0.489 e. The smallest absolute Gasteiger partial charge is 0.188 e. The van der Waals surface area contributed by atoms with E-state index >= 15 is 0 Å². The van der Waals surface area contributed by atoms with E-state index in [2.05, 4.69) is 10.3 Å². The van der Waals surface area contributed by atoms with Crippen LogP contribution in [0.25, 0.3) is 0 Å². The normalized spacial score (nSPS) is 12.4. The number of nitrogens with two attached hydrogens (primary N) is 1. The summed E-state index contributed by atoms with van der Waals surface area (Å²) in [6.07, 6.45) is -0.0227. The van der Waals surface area contributed by atoms with E-state index < -0.39 is 0 Å². The number of guanidine groups is 1. The number of ether oxygens (including phenoxy) is 2. The maximum Gasteiger partial charge on any atom is 0.188 e. The molecule has 0 fully saturated rings. The number of benzene rings is 1. The Bertz CT molecular complexity index is 396. The number of halogens is 1. The van der Waals surface area contributed by atoms with Crippen LogP contribution < -0.4 is 15.8 Å². The maximum atomic E-state index is 5.73. The summed E-state index contributed by atoms with van der Waals surface area (Å²) in [7, 11) is 1.65. The molecule has 1 atom stereocenters. The van der Waals surface area contributed by atoms with Gasteiger partial charge in [-0.15, -0.1) is 24.0 Å². The van der Waals surface area contributed by atoms with Crippen molar-refractivity contribution < 1.29 is 9.47 Å². The molecule has 1 unspecified atom stereocenters. The Morgan fingerprint density at radius 2 is 2.00 bits per heavy atom. The van der Waals surface area contributed by atoms with Gasteiger partial charge in [0, 0.05) is 13.7 Å². The average molecular weight is 393 g/mol. The number of nitrogens with one attached hydrogen (secondary N) is 1. The highest BCUT2D eigenvalue weighted by molar-refractivity contribution is 14.0. The summed E-state index contributed by atoms with van der Waals surface area (Å²) in [4.78, 5) is 4.21. The van der Waals surface area contributed by atoms with Crippen LogP contribution >= 0.6 is 24.0 Å². The first-order chi connectivity index (χ1) is 9.11. The van der Waals surface area contributed by atoms with E-state index in [-0.39, 0.29) is 30.1 Å². The van der Waals surface area contributed by atoms with Crippen LogP contribution in [0.1, 0.15) is 12.5 Å². The van der Waals surface area contributed by atoms with E-state index in [1.165, 1.54) is 5.56 Å². The third-order valence-electron chi connectivity index (χ3n) is 2.49. The molecule has 1 aromatic carbocycles. The molecule has 3 N–H and O–H groups in total. The zero-order chi connectivity index (χ0) is 14.1. The Morgan fingerprint density at radius 1 is 1.35 bits per heavy atom. The van der Waals surface area contributed by atoms with Crippen molar-refractivity contribution in [2.45, 2.75) is 20.0 Å². The lowest BCUT2D eigenvalue weighted by Crippen LogP contribution is -2.35. The zero-order valence-corrected chi connectivity index (χ0v) is 14.6. The summed E-state index contributed by atoms with van der Waals surface area (Å²) >= 11 is 0. The largest absolute Gasteiger partial charge is 0.489 e. The standard InChI is InChI=1S/C14H23N3O2.HI/c1-11-4-6-13(7-5-11)19-12(2)10-17-14(15)16-8-9-18-3;/h4-7,12H,8-10H2,1-3H3,(H3,15,16,17);1H. The first-order valence-electron chi connectivity index (χ1n) is 6.38. The van der Waals surface area contributed by atoms with Gasteiger partial charge in [0.1, 0.15) is 11.9 Å². The predicted molar refractivity (Wildman–Crippen MR) is 93.1 cm³/mol. The molecule has 0 heterocycles. The molecule has 6 heteroatoms. The van der Waals surface area contributed by atoms with Crippen molar-refractivity contribution in [3.63, 3.8) is 0 Å². The Hall–Kier alpha value is -1.02. The summed E-state index contributed by atoms with van der Waals surface area (Å²) in [5.74, 6) is 1.26. The fourth-order valence-corrected chi connectivity index (χ4v) is 1.45. The van der Waals surface area contributed by atoms with Gasteiger partial charge in [0.2, 0.25) is 0 Å². The summed E-state index contributed by atoms with van der Waals surface area (Å²) in [6.45, 7) is 5.78. The van der Waals surface area contributed by atoms with Crippen LogP contribution in [-0.4, -0.2) is 38.9 Å². The second-order valence-electron chi connectivity index (χ2n) is 4.39. The van der Waals surface area contributed by atoms with Crippen molar-refractivity contribution in [3.05, 3.63) is 29.8 Å². The molecule has 0 aliphatic heterocycles. The molecule has 20 heavy (non-hydrogen) atoms. The summed E-state index contributed by atoms with van der Waals surface area (Å²) in [5.41, 5.74) is 6.92. The molecule has 0 amide bonds. The van der Waals surface area contributed by atoms with Gasteiger partial charge in [0.15, 0.2) is 5.96 Å². The van der Waals surface area contributed by atoms with Crippen molar-refractivity contribution in [1.29, 1.82) is 0 Å². The molecular weight excluding hydrogens is 369 g/mol. The summed E-state index contributed by atoms with van der Waals surface area (Å²) in [5, 5.41) is 2.96. The van der Waals surface area contributed by atoms with Gasteiger partial charge in [-0.3, -0.25) is 0 Å². The number of aryl methyl sites for hydroxylation is 1. The summed E-state index contributed by atoms with van der Waals surface area (Å²) < 4.78 is 10.6. The van der Waals surface area contributed by atoms with Crippen molar-refractivity contribution in [3.8, 4) is 5.75 Å². The fourth-order valence-electron chi connectivity index (χ4n) is 1.45. The fraction of sp³-hybridized carbons (Fsp3) is 0.500. The number of hydrogen-bond donors (Lipinski definition) is 2. The van der Waals surface area contributed by atoms with Crippen molar-refractivity contribution >= 4 is 29.9 Å². The Morgan fingerprint density at radius 3 is 2.60 bits per heavy atom. The van der Waals surface area contributed by atoms with E-state index in [9.17, 15) is 0 Å². The predicted octanol–water partition coefficient (Wildman–Crippen LogP) is 1.93. The lowest BCUT2D eigenvalue weighted by atomic mass is 10.2. The minimum atomic E-state index is -0.0227. The second kappa shape index (κ2) is 10.7. The van der Waals surface area contributed by atoms with Gasteiger partial charge < -0.3 is 20.5 Å². The van der Waals surface area contributed by atoms with Crippen LogP contribution in [0.3, 0.4) is 0 Å². The van der Waals surface area contributed by atoms with Crippen LogP contribution in [0.2, 0.25) is 0 Å². The van der Waals surface area contributed by atoms with Gasteiger partial charge in [-0.1, -0.05) is 17.7 Å². The molecule has 0 spiro atoms. The molecular formula is C14H24IN3O2. The van der Waals surface area contributed by atoms with Crippen LogP contribution in [0.5, 0.6) is 5.75 Å². The van der Waals surface area contributed by atoms with Crippen LogP contribution in [0.4, 0.5) is 0 Å². The molecule has 0 radical (unpaired) electrons. The molecule has 0 aliphatic carbocycles. The second-order valence-corrected chi connectivity index (χ2v) is 4.39. The first-order valence-corrected chi connectivity index (χ1v) is 6.38. The quantitative estimate of drug-likeness (QED) is 0.322. The van der Waals surface area contributed by atoms with E-state index in [0.717, 1.165) is 5.75 Å². The number of rotatable bonds is 7. The molecule has 0 aliphatic rings.